The summed E-state index contributed by atoms with van der Waals surface area (Å²) >= 11 is 0. The summed E-state index contributed by atoms with van der Waals surface area (Å²) in [5, 5.41) is 12.5. The number of aldehydes is 1. The molecule has 1 aromatic heterocycles. The molecule has 0 spiro atoms. The average molecular weight is 390 g/mol. The topological polar surface area (TPSA) is 88.4 Å². The highest BCUT2D eigenvalue weighted by atomic mass is 16.4. The number of hydrogen-bond acceptors (Lipinski definition) is 3. The highest BCUT2D eigenvalue weighted by molar-refractivity contribution is 6.01. The van der Waals surface area contributed by atoms with Gasteiger partial charge < -0.3 is 15.0 Å². The fraction of sp³-hybridized carbons (Fsp3) is 0.174. The van der Waals surface area contributed by atoms with Gasteiger partial charge in [0.15, 0.2) is 6.29 Å². The summed E-state index contributed by atoms with van der Waals surface area (Å²) in [6.45, 7) is 3.65. The van der Waals surface area contributed by atoms with Crippen LogP contribution in [0.1, 0.15) is 45.8 Å². The van der Waals surface area contributed by atoms with Gasteiger partial charge in [0.2, 0.25) is 5.91 Å². The van der Waals surface area contributed by atoms with E-state index in [1.807, 2.05) is 43.3 Å². The zero-order valence-corrected chi connectivity index (χ0v) is 16.3. The molecule has 2 aromatic carbocycles. The summed E-state index contributed by atoms with van der Waals surface area (Å²) in [5.41, 5.74) is 3.72. The second kappa shape index (κ2) is 8.56. The highest BCUT2D eigenvalue weighted by Crippen LogP contribution is 2.34. The van der Waals surface area contributed by atoms with Gasteiger partial charge in [0.25, 0.3) is 0 Å². The molecular formula is C23H22N2O4. The van der Waals surface area contributed by atoms with Gasteiger partial charge in [-0.15, -0.1) is 0 Å². The monoisotopic (exact) mass is 390 g/mol. The molecule has 0 saturated heterocycles. The van der Waals surface area contributed by atoms with Crippen LogP contribution in [-0.2, 0) is 17.8 Å². The first kappa shape index (κ1) is 20.1. The fourth-order valence-corrected chi connectivity index (χ4v) is 3.60. The van der Waals surface area contributed by atoms with Gasteiger partial charge in [-0.1, -0.05) is 49.4 Å². The lowest BCUT2D eigenvalue weighted by atomic mass is 10.0. The second-order valence-corrected chi connectivity index (χ2v) is 6.70. The van der Waals surface area contributed by atoms with Crippen molar-refractivity contribution in [1.82, 2.24) is 4.57 Å². The van der Waals surface area contributed by atoms with Crippen molar-refractivity contribution in [2.24, 2.45) is 0 Å². The van der Waals surface area contributed by atoms with Gasteiger partial charge in [-0.25, -0.2) is 4.79 Å². The molecular weight excluding hydrogens is 368 g/mol. The number of nitrogens with zero attached hydrogens (tertiary/aromatic N) is 1. The van der Waals surface area contributed by atoms with Gasteiger partial charge >= 0.3 is 5.97 Å². The van der Waals surface area contributed by atoms with Gasteiger partial charge in [-0.05, 0) is 29.7 Å². The minimum Gasteiger partial charge on any atom is -0.478 e. The maximum Gasteiger partial charge on any atom is 0.338 e. The van der Waals surface area contributed by atoms with Crippen molar-refractivity contribution in [1.29, 1.82) is 0 Å². The van der Waals surface area contributed by atoms with Crippen LogP contribution in [0.3, 0.4) is 0 Å². The Morgan fingerprint density at radius 3 is 2.41 bits per heavy atom. The molecule has 0 radical (unpaired) electrons. The number of aromatic nitrogens is 1. The van der Waals surface area contributed by atoms with Crippen LogP contribution in [0.25, 0.3) is 11.3 Å². The Hall–Kier alpha value is -3.67. The van der Waals surface area contributed by atoms with Crippen molar-refractivity contribution in [3.05, 3.63) is 77.0 Å². The number of carbonyl (C=O) groups is 3. The molecule has 29 heavy (non-hydrogen) atoms. The van der Waals surface area contributed by atoms with Gasteiger partial charge in [-0.2, -0.15) is 0 Å². The van der Waals surface area contributed by atoms with Crippen LogP contribution in [-0.4, -0.2) is 27.8 Å². The van der Waals surface area contributed by atoms with Gasteiger partial charge in [-0.3, -0.25) is 9.59 Å². The van der Waals surface area contributed by atoms with E-state index in [0.717, 1.165) is 11.1 Å². The zero-order valence-electron chi connectivity index (χ0n) is 16.3. The van der Waals surface area contributed by atoms with E-state index in [-0.39, 0.29) is 17.2 Å². The number of aromatic carboxylic acids is 1. The van der Waals surface area contributed by atoms with E-state index < -0.39 is 5.97 Å². The summed E-state index contributed by atoms with van der Waals surface area (Å²) in [7, 11) is 0. The van der Waals surface area contributed by atoms with Crippen LogP contribution in [0, 0.1) is 0 Å². The summed E-state index contributed by atoms with van der Waals surface area (Å²) in [4.78, 5) is 35.4. The molecule has 6 nitrogen and oxygen atoms in total. The maximum absolute atomic E-state index is 12.0. The Morgan fingerprint density at radius 1 is 1.10 bits per heavy atom. The number of benzene rings is 2. The number of anilines is 1. The first-order valence-corrected chi connectivity index (χ1v) is 9.32. The molecule has 0 aliphatic heterocycles. The third-order valence-electron chi connectivity index (χ3n) is 4.72. The van der Waals surface area contributed by atoms with Crippen LogP contribution in [0.5, 0.6) is 0 Å². The Labute approximate surface area is 168 Å². The van der Waals surface area contributed by atoms with E-state index >= 15 is 0 Å². The highest BCUT2D eigenvalue weighted by Gasteiger charge is 2.27. The fourth-order valence-electron chi connectivity index (χ4n) is 3.60. The minimum atomic E-state index is -1.13. The smallest absolute Gasteiger partial charge is 0.338 e. The Morgan fingerprint density at radius 2 is 1.83 bits per heavy atom. The molecule has 0 fully saturated rings. The van der Waals surface area contributed by atoms with E-state index in [4.69, 9.17) is 0 Å². The molecule has 0 saturated carbocycles. The summed E-state index contributed by atoms with van der Waals surface area (Å²) in [6.07, 6.45) is 1.05. The van der Waals surface area contributed by atoms with Crippen molar-refractivity contribution in [2.75, 3.05) is 5.32 Å². The lowest BCUT2D eigenvalue weighted by molar-refractivity contribution is -0.114. The normalized spacial score (nSPS) is 10.6. The Kier molecular flexibility index (Phi) is 5.93. The predicted molar refractivity (Wildman–Crippen MR) is 111 cm³/mol. The molecule has 0 bridgehead atoms. The minimum absolute atomic E-state index is 0.0263. The standard InChI is InChI=1S/C23H22N2O4/c1-3-19-21(23(28)29)20(14-26)25(13-16-8-5-4-6-9-16)22(19)17-10-7-11-18(12-17)24-15(2)27/h4-12,14H,3,13H2,1-2H3,(H,24,27)(H,28,29). The first-order chi connectivity index (χ1) is 14.0. The van der Waals surface area contributed by atoms with E-state index in [2.05, 4.69) is 5.32 Å². The Balaban J connectivity index is 2.27. The van der Waals surface area contributed by atoms with Crippen molar-refractivity contribution < 1.29 is 19.5 Å². The van der Waals surface area contributed by atoms with Crippen molar-refractivity contribution in [3.8, 4) is 11.3 Å². The molecule has 148 valence electrons. The van der Waals surface area contributed by atoms with Gasteiger partial charge in [0.05, 0.1) is 17.0 Å². The zero-order chi connectivity index (χ0) is 21.0. The molecule has 1 amide bonds. The van der Waals surface area contributed by atoms with Crippen molar-refractivity contribution >= 4 is 23.9 Å². The number of carboxylic acids is 1. The van der Waals surface area contributed by atoms with Crippen LogP contribution >= 0.6 is 0 Å². The number of carboxylic acid groups (broad SMARTS) is 1. The van der Waals surface area contributed by atoms with Crippen LogP contribution in [0.15, 0.2) is 54.6 Å². The molecule has 6 heteroatoms. The van der Waals surface area contributed by atoms with E-state index in [9.17, 15) is 19.5 Å². The molecule has 0 atom stereocenters. The third kappa shape index (κ3) is 4.11. The Bertz CT molecular complexity index is 1070. The summed E-state index contributed by atoms with van der Waals surface area (Å²) in [6, 6.07) is 16.7. The van der Waals surface area contributed by atoms with E-state index in [0.29, 0.717) is 36.2 Å². The molecule has 3 aromatic rings. The quantitative estimate of drug-likeness (QED) is 0.591. The molecule has 2 N–H and O–H groups in total. The molecule has 0 aliphatic rings. The lowest BCUT2D eigenvalue weighted by Crippen LogP contribution is -2.09. The first-order valence-electron chi connectivity index (χ1n) is 9.32. The van der Waals surface area contributed by atoms with E-state index in [1.54, 1.807) is 22.8 Å². The second-order valence-electron chi connectivity index (χ2n) is 6.70. The van der Waals surface area contributed by atoms with Gasteiger partial charge in [0, 0.05) is 24.7 Å². The number of amides is 1. The third-order valence-corrected chi connectivity index (χ3v) is 4.72. The molecule has 3 rings (SSSR count). The maximum atomic E-state index is 12.0. The number of rotatable bonds is 7. The van der Waals surface area contributed by atoms with Gasteiger partial charge in [0.1, 0.15) is 0 Å². The van der Waals surface area contributed by atoms with Crippen LogP contribution < -0.4 is 5.32 Å². The number of hydrogen-bond donors (Lipinski definition) is 2. The average Bonchev–Trinajstić information content (AvgIpc) is 3.01. The van der Waals surface area contributed by atoms with Crippen molar-refractivity contribution in [3.63, 3.8) is 0 Å². The summed E-state index contributed by atoms with van der Waals surface area (Å²) < 4.78 is 1.75. The predicted octanol–water partition coefficient (Wildman–Crippen LogP) is 4.23. The van der Waals surface area contributed by atoms with Crippen LogP contribution in [0.4, 0.5) is 5.69 Å². The number of nitrogens with one attached hydrogen (secondary N) is 1. The van der Waals surface area contributed by atoms with Crippen LogP contribution in [0.2, 0.25) is 0 Å². The van der Waals surface area contributed by atoms with Crippen molar-refractivity contribution in [2.45, 2.75) is 26.8 Å². The SMILES string of the molecule is CCc1c(C(=O)O)c(C=O)n(Cc2ccccc2)c1-c1cccc(NC(C)=O)c1. The molecule has 0 aliphatic carbocycles. The summed E-state index contributed by atoms with van der Waals surface area (Å²) in [5.74, 6) is -1.33. The number of carbonyl (C=O) groups excluding carboxylic acids is 2. The molecule has 1 heterocycles. The molecule has 0 unspecified atom stereocenters. The van der Waals surface area contributed by atoms with E-state index in [1.165, 1.54) is 6.92 Å². The lowest BCUT2D eigenvalue weighted by Gasteiger charge is -2.14. The largest absolute Gasteiger partial charge is 0.478 e.